The van der Waals surface area contributed by atoms with Gasteiger partial charge < -0.3 is 5.11 Å². The van der Waals surface area contributed by atoms with Crippen LogP contribution in [0.5, 0.6) is 0 Å². The molecule has 0 aliphatic heterocycles. The lowest BCUT2D eigenvalue weighted by Crippen LogP contribution is -2.09. The highest BCUT2D eigenvalue weighted by molar-refractivity contribution is 7.12. The van der Waals surface area contributed by atoms with Crippen LogP contribution >= 0.6 is 11.3 Å². The predicted molar refractivity (Wildman–Crippen MR) is 78.7 cm³/mol. The van der Waals surface area contributed by atoms with Crippen LogP contribution in [0.1, 0.15) is 46.8 Å². The lowest BCUT2D eigenvalue weighted by Gasteiger charge is -2.13. The molecule has 0 saturated carbocycles. The number of carboxylic acids is 1. The Balaban J connectivity index is 2.26. The van der Waals surface area contributed by atoms with Crippen LogP contribution in [0.2, 0.25) is 0 Å². The second-order valence-electron chi connectivity index (χ2n) is 5.25. The van der Waals surface area contributed by atoms with Crippen molar-refractivity contribution in [1.29, 1.82) is 0 Å². The third-order valence-electron chi connectivity index (χ3n) is 2.50. The second kappa shape index (κ2) is 5.50. The molecule has 0 saturated heterocycles. The molecule has 0 fully saturated rings. The first-order valence-electron chi connectivity index (χ1n) is 6.06. The van der Waals surface area contributed by atoms with Gasteiger partial charge in [-0.15, -0.1) is 11.3 Å². The van der Waals surface area contributed by atoms with Gasteiger partial charge in [0.1, 0.15) is 0 Å². The van der Waals surface area contributed by atoms with E-state index >= 15 is 0 Å². The molecule has 0 amide bonds. The van der Waals surface area contributed by atoms with Gasteiger partial charge in [0.15, 0.2) is 5.69 Å². The number of thiazole rings is 1. The van der Waals surface area contributed by atoms with E-state index in [1.165, 1.54) is 12.4 Å². The molecule has 0 radical (unpaired) electrons. The molecule has 0 aromatic carbocycles. The summed E-state index contributed by atoms with van der Waals surface area (Å²) in [5, 5.41) is 10.1. The van der Waals surface area contributed by atoms with E-state index in [0.29, 0.717) is 5.69 Å². The molecular weight excluding hydrogens is 274 g/mol. The normalized spacial score (nSPS) is 11.9. The topological polar surface area (TPSA) is 76.0 Å². The second-order valence-corrected chi connectivity index (χ2v) is 6.31. The van der Waals surface area contributed by atoms with Gasteiger partial charge in [-0.3, -0.25) is 4.98 Å². The van der Waals surface area contributed by atoms with Gasteiger partial charge in [0.2, 0.25) is 0 Å². The molecule has 0 bridgehead atoms. The summed E-state index contributed by atoms with van der Waals surface area (Å²) in [4.78, 5) is 24.2. The van der Waals surface area contributed by atoms with Crippen molar-refractivity contribution in [3.63, 3.8) is 0 Å². The number of aromatic nitrogens is 3. The summed E-state index contributed by atoms with van der Waals surface area (Å²) in [6.07, 6.45) is 8.07. The summed E-state index contributed by atoms with van der Waals surface area (Å²) in [6, 6.07) is 0. The van der Waals surface area contributed by atoms with E-state index in [-0.39, 0.29) is 11.1 Å². The molecular formula is C14H15N3O2S. The van der Waals surface area contributed by atoms with Gasteiger partial charge in [0, 0.05) is 28.9 Å². The number of aromatic carboxylic acids is 1. The minimum Gasteiger partial charge on any atom is -0.476 e. The Morgan fingerprint density at radius 2 is 1.90 bits per heavy atom. The average Bonchev–Trinajstić information content (AvgIpc) is 2.85. The summed E-state index contributed by atoms with van der Waals surface area (Å²) >= 11 is 1.58. The van der Waals surface area contributed by atoms with Crippen LogP contribution in [0.25, 0.3) is 12.2 Å². The first kappa shape index (κ1) is 14.3. The van der Waals surface area contributed by atoms with E-state index in [2.05, 4.69) is 35.7 Å². The lowest BCUT2D eigenvalue weighted by atomic mass is 9.98. The highest BCUT2D eigenvalue weighted by atomic mass is 32.1. The zero-order valence-electron chi connectivity index (χ0n) is 11.5. The van der Waals surface area contributed by atoms with Gasteiger partial charge in [-0.05, 0) is 12.2 Å². The van der Waals surface area contributed by atoms with E-state index in [1.54, 1.807) is 23.6 Å². The maximum absolute atomic E-state index is 11.0. The summed E-state index contributed by atoms with van der Waals surface area (Å²) in [7, 11) is 0. The van der Waals surface area contributed by atoms with Crippen LogP contribution in [-0.4, -0.2) is 26.0 Å². The molecule has 5 nitrogen and oxygen atoms in total. The first-order chi connectivity index (χ1) is 9.38. The minimum atomic E-state index is -1.09. The number of carbonyl (C=O) groups is 1. The van der Waals surface area contributed by atoms with E-state index in [1.807, 2.05) is 6.08 Å². The fraction of sp³-hybridized carbons (Fsp3) is 0.286. The Kier molecular flexibility index (Phi) is 3.94. The summed E-state index contributed by atoms with van der Waals surface area (Å²) in [5.41, 5.74) is 0.297. The molecule has 2 aromatic rings. The first-order valence-corrected chi connectivity index (χ1v) is 6.88. The maximum Gasteiger partial charge on any atom is 0.356 e. The highest BCUT2D eigenvalue weighted by Gasteiger charge is 2.17. The maximum atomic E-state index is 11.0. The standard InChI is InChI=1S/C14H15N3O2S/c1-14(2,3)13-17-8-9(20-13)4-5-10-11(12(18)19)16-7-6-15-10/h4-8H,1-3H3,(H,18,19). The number of rotatable bonds is 3. The van der Waals surface area contributed by atoms with Crippen molar-refractivity contribution in [2.24, 2.45) is 0 Å². The number of hydrogen-bond donors (Lipinski definition) is 1. The molecule has 104 valence electrons. The van der Waals surface area contributed by atoms with Crippen molar-refractivity contribution in [3.8, 4) is 0 Å². The molecule has 0 aliphatic rings. The Morgan fingerprint density at radius 3 is 2.50 bits per heavy atom. The Morgan fingerprint density at radius 1 is 1.20 bits per heavy atom. The fourth-order valence-electron chi connectivity index (χ4n) is 1.51. The largest absolute Gasteiger partial charge is 0.476 e. The Bertz CT molecular complexity index is 656. The number of carboxylic acid groups (broad SMARTS) is 1. The van der Waals surface area contributed by atoms with Gasteiger partial charge in [-0.1, -0.05) is 20.8 Å². The molecule has 0 aliphatic carbocycles. The van der Waals surface area contributed by atoms with Crippen LogP contribution in [-0.2, 0) is 5.41 Å². The smallest absolute Gasteiger partial charge is 0.356 e. The van der Waals surface area contributed by atoms with Gasteiger partial charge in [0.25, 0.3) is 0 Å². The zero-order chi connectivity index (χ0) is 14.8. The minimum absolute atomic E-state index is 0.00946. The Labute approximate surface area is 121 Å². The molecule has 20 heavy (non-hydrogen) atoms. The molecule has 0 unspecified atom stereocenters. The lowest BCUT2D eigenvalue weighted by molar-refractivity contribution is 0.0689. The summed E-state index contributed by atoms with van der Waals surface area (Å²) in [5.74, 6) is -1.09. The van der Waals surface area contributed by atoms with Crippen LogP contribution in [0.15, 0.2) is 18.6 Å². The van der Waals surface area contributed by atoms with Crippen molar-refractivity contribution < 1.29 is 9.90 Å². The van der Waals surface area contributed by atoms with Crippen LogP contribution in [0.4, 0.5) is 0 Å². The SMILES string of the molecule is CC(C)(C)c1ncc(C=Cc2nccnc2C(=O)O)s1. The zero-order valence-corrected chi connectivity index (χ0v) is 12.3. The number of nitrogens with zero attached hydrogens (tertiary/aromatic N) is 3. The highest BCUT2D eigenvalue weighted by Crippen LogP contribution is 2.27. The van der Waals surface area contributed by atoms with E-state index in [4.69, 9.17) is 5.11 Å². The number of hydrogen-bond acceptors (Lipinski definition) is 5. The summed E-state index contributed by atoms with van der Waals surface area (Å²) in [6.45, 7) is 6.31. The van der Waals surface area contributed by atoms with Crippen LogP contribution < -0.4 is 0 Å². The van der Waals surface area contributed by atoms with Crippen molar-refractivity contribution in [2.75, 3.05) is 0 Å². The quantitative estimate of drug-likeness (QED) is 0.939. The van der Waals surface area contributed by atoms with E-state index in [9.17, 15) is 4.79 Å². The molecule has 6 heteroatoms. The van der Waals surface area contributed by atoms with Gasteiger partial charge >= 0.3 is 5.97 Å². The molecule has 1 N–H and O–H groups in total. The van der Waals surface area contributed by atoms with Crippen LogP contribution in [0, 0.1) is 0 Å². The van der Waals surface area contributed by atoms with Gasteiger partial charge in [0.05, 0.1) is 10.7 Å². The predicted octanol–water partition coefficient (Wildman–Crippen LogP) is 3.10. The molecule has 2 aromatic heterocycles. The molecule has 0 spiro atoms. The monoisotopic (exact) mass is 289 g/mol. The van der Waals surface area contributed by atoms with Crippen molar-refractivity contribution in [3.05, 3.63) is 39.9 Å². The molecule has 2 heterocycles. The van der Waals surface area contributed by atoms with Crippen molar-refractivity contribution in [2.45, 2.75) is 26.2 Å². The third-order valence-corrected chi connectivity index (χ3v) is 3.89. The van der Waals surface area contributed by atoms with Crippen molar-refractivity contribution >= 4 is 29.5 Å². The summed E-state index contributed by atoms with van der Waals surface area (Å²) < 4.78 is 0. The van der Waals surface area contributed by atoms with Crippen molar-refractivity contribution in [1.82, 2.24) is 15.0 Å². The van der Waals surface area contributed by atoms with Crippen LogP contribution in [0.3, 0.4) is 0 Å². The molecule has 0 atom stereocenters. The van der Waals surface area contributed by atoms with Gasteiger partial charge in [-0.25, -0.2) is 14.8 Å². The van der Waals surface area contributed by atoms with Gasteiger partial charge in [-0.2, -0.15) is 0 Å². The average molecular weight is 289 g/mol. The van der Waals surface area contributed by atoms with E-state index < -0.39 is 5.97 Å². The third kappa shape index (κ3) is 3.27. The van der Waals surface area contributed by atoms with E-state index in [0.717, 1.165) is 9.88 Å². The molecule has 2 rings (SSSR count). The fourth-order valence-corrected chi connectivity index (χ4v) is 2.38. The Hall–Kier alpha value is -2.08.